The van der Waals surface area contributed by atoms with Crippen LogP contribution in [0.4, 0.5) is 38.0 Å². The number of rotatable bonds is 9. The molecule has 0 fully saturated rings. The van der Waals surface area contributed by atoms with Gasteiger partial charge in [0, 0.05) is 12.7 Å². The molecule has 0 aliphatic rings. The highest BCUT2D eigenvalue weighted by atomic mass is 19.4. The van der Waals surface area contributed by atoms with E-state index in [1.54, 1.807) is 13.0 Å². The van der Waals surface area contributed by atoms with Crippen molar-refractivity contribution in [3.05, 3.63) is 30.1 Å². The number of aromatic nitrogens is 6. The van der Waals surface area contributed by atoms with E-state index in [-0.39, 0.29) is 42.2 Å². The van der Waals surface area contributed by atoms with E-state index < -0.39 is 25.5 Å². The molecule has 0 aromatic carbocycles. The molecule has 0 spiro atoms. The van der Waals surface area contributed by atoms with Gasteiger partial charge in [-0.15, -0.1) is 0 Å². The summed E-state index contributed by atoms with van der Waals surface area (Å²) in [5.74, 6) is 0.910. The molecular weight excluding hydrogens is 446 g/mol. The lowest BCUT2D eigenvalue weighted by molar-refractivity contribution is -0.174. The van der Waals surface area contributed by atoms with Crippen LogP contribution in [0.5, 0.6) is 0 Å². The normalized spacial score (nSPS) is 12.5. The van der Waals surface area contributed by atoms with Gasteiger partial charge in [0.1, 0.15) is 41.3 Å². The summed E-state index contributed by atoms with van der Waals surface area (Å²) in [6.45, 7) is -1.82. The summed E-state index contributed by atoms with van der Waals surface area (Å²) in [5.41, 5.74) is 0.712. The van der Waals surface area contributed by atoms with Crippen molar-refractivity contribution in [2.75, 3.05) is 25.1 Å². The zero-order chi connectivity index (χ0) is 23.4. The van der Waals surface area contributed by atoms with Crippen LogP contribution < -0.4 is 10.6 Å². The third kappa shape index (κ3) is 6.71. The number of halogens is 6. The topological polar surface area (TPSA) is 103 Å². The maximum atomic E-state index is 12.5. The minimum atomic E-state index is -4.49. The van der Waals surface area contributed by atoms with Crippen molar-refractivity contribution in [2.24, 2.45) is 0 Å². The molecule has 3 aromatic heterocycles. The minimum absolute atomic E-state index is 0.114. The molecule has 0 aliphatic heterocycles. The van der Waals surface area contributed by atoms with Gasteiger partial charge in [-0.05, 0) is 13.0 Å². The lowest BCUT2D eigenvalue weighted by Crippen LogP contribution is -2.28. The molecule has 0 bridgehead atoms. The van der Waals surface area contributed by atoms with Crippen LogP contribution in [0.3, 0.4) is 0 Å². The van der Waals surface area contributed by atoms with Crippen molar-refractivity contribution in [1.29, 1.82) is 0 Å². The fourth-order valence-corrected chi connectivity index (χ4v) is 2.77. The van der Waals surface area contributed by atoms with Gasteiger partial charge in [0.25, 0.3) is 0 Å². The minimum Gasteiger partial charge on any atom is -0.370 e. The van der Waals surface area contributed by atoms with E-state index in [9.17, 15) is 26.3 Å². The molecule has 3 rings (SSSR count). The Bertz CT molecular complexity index is 1040. The van der Waals surface area contributed by atoms with Gasteiger partial charge in [0.2, 0.25) is 0 Å². The molecule has 15 heteroatoms. The van der Waals surface area contributed by atoms with E-state index in [4.69, 9.17) is 0 Å². The van der Waals surface area contributed by atoms with Crippen LogP contribution in [0.2, 0.25) is 0 Å². The summed E-state index contributed by atoms with van der Waals surface area (Å²) in [5, 5.41) is 9.43. The fourth-order valence-electron chi connectivity index (χ4n) is 2.77. The van der Waals surface area contributed by atoms with Crippen LogP contribution in [-0.2, 0) is 17.8 Å². The first-order chi connectivity index (χ1) is 15.0. The van der Waals surface area contributed by atoms with E-state index in [0.29, 0.717) is 11.6 Å². The zero-order valence-corrected chi connectivity index (χ0v) is 16.6. The zero-order valence-electron chi connectivity index (χ0n) is 16.6. The summed E-state index contributed by atoms with van der Waals surface area (Å²) in [7, 11) is 0. The second-order valence-electron chi connectivity index (χ2n) is 6.59. The Morgan fingerprint density at radius 1 is 1.09 bits per heavy atom. The number of hydrogen-bond acceptors (Lipinski definition) is 8. The maximum Gasteiger partial charge on any atom is 0.411 e. The highest BCUT2D eigenvalue weighted by Gasteiger charge is 2.28. The standard InChI is InChI=1S/C17H18F6N8O/c1-10-27-13-11(6-25-7-16(18,19)20)30-31(4-5-32-8-17(21,22)23)14(13)15(28-10)29-12-2-3-24-9-26-12/h2-3,9,25H,4-8H2,1H3,(H,24,26,27,28,29). The molecule has 0 radical (unpaired) electrons. The number of nitrogens with one attached hydrogen (secondary N) is 2. The summed E-state index contributed by atoms with van der Waals surface area (Å²) in [6, 6.07) is 1.56. The van der Waals surface area contributed by atoms with Crippen LogP contribution in [0.25, 0.3) is 11.0 Å². The molecule has 0 amide bonds. The van der Waals surface area contributed by atoms with Gasteiger partial charge in [0.15, 0.2) is 5.82 Å². The number of aryl methyl sites for hydroxylation is 1. The first-order valence-electron chi connectivity index (χ1n) is 9.21. The average Bonchev–Trinajstić information content (AvgIpc) is 3.02. The van der Waals surface area contributed by atoms with Gasteiger partial charge in [-0.1, -0.05) is 0 Å². The summed E-state index contributed by atoms with van der Waals surface area (Å²) >= 11 is 0. The number of hydrogen-bond donors (Lipinski definition) is 2. The number of alkyl halides is 6. The second-order valence-corrected chi connectivity index (χ2v) is 6.59. The third-order valence-corrected chi connectivity index (χ3v) is 3.93. The molecule has 9 nitrogen and oxygen atoms in total. The first-order valence-corrected chi connectivity index (χ1v) is 9.21. The summed E-state index contributed by atoms with van der Waals surface area (Å²) < 4.78 is 80.5. The molecule has 2 N–H and O–H groups in total. The molecule has 0 saturated carbocycles. The Labute approximate surface area is 177 Å². The molecular formula is C17H18F6N8O. The molecule has 174 valence electrons. The van der Waals surface area contributed by atoms with E-state index in [0.717, 1.165) is 0 Å². The number of ether oxygens (including phenoxy) is 1. The van der Waals surface area contributed by atoms with Crippen LogP contribution in [0.15, 0.2) is 18.6 Å². The first kappa shape index (κ1) is 23.6. The summed E-state index contributed by atoms with van der Waals surface area (Å²) in [4.78, 5) is 16.4. The van der Waals surface area contributed by atoms with Crippen LogP contribution in [0.1, 0.15) is 11.5 Å². The Balaban J connectivity index is 1.92. The van der Waals surface area contributed by atoms with Crippen LogP contribution in [0, 0.1) is 6.92 Å². The molecule has 0 atom stereocenters. The van der Waals surface area contributed by atoms with Crippen molar-refractivity contribution in [3.63, 3.8) is 0 Å². The van der Waals surface area contributed by atoms with Crippen molar-refractivity contribution in [1.82, 2.24) is 35.0 Å². The quantitative estimate of drug-likeness (QED) is 0.368. The molecule has 0 saturated heterocycles. The van der Waals surface area contributed by atoms with Gasteiger partial charge in [0.05, 0.1) is 19.7 Å². The molecule has 0 aliphatic carbocycles. The lowest BCUT2D eigenvalue weighted by Gasteiger charge is -2.11. The van der Waals surface area contributed by atoms with E-state index in [1.165, 1.54) is 17.2 Å². The largest absolute Gasteiger partial charge is 0.411 e. The fraction of sp³-hybridized carbons (Fsp3) is 0.471. The monoisotopic (exact) mass is 464 g/mol. The lowest BCUT2D eigenvalue weighted by atomic mass is 10.3. The average molecular weight is 464 g/mol. The molecule has 0 unspecified atom stereocenters. The van der Waals surface area contributed by atoms with Crippen molar-refractivity contribution in [3.8, 4) is 0 Å². The smallest absolute Gasteiger partial charge is 0.370 e. The Morgan fingerprint density at radius 2 is 1.88 bits per heavy atom. The Morgan fingerprint density at radius 3 is 2.53 bits per heavy atom. The maximum absolute atomic E-state index is 12.5. The van der Waals surface area contributed by atoms with Crippen molar-refractivity contribution >= 4 is 22.7 Å². The highest BCUT2D eigenvalue weighted by molar-refractivity contribution is 5.89. The molecule has 3 aromatic rings. The summed E-state index contributed by atoms with van der Waals surface area (Å²) in [6.07, 6.45) is -6.13. The Kier molecular flexibility index (Phi) is 7.08. The van der Waals surface area contributed by atoms with Crippen molar-refractivity contribution < 1.29 is 31.1 Å². The SMILES string of the molecule is Cc1nc(Nc2ccncn2)c2c(n1)c(CNCC(F)(F)F)nn2CCOCC(F)(F)F. The van der Waals surface area contributed by atoms with Gasteiger partial charge in [-0.25, -0.2) is 19.9 Å². The molecule has 3 heterocycles. The highest BCUT2D eigenvalue weighted by Crippen LogP contribution is 2.26. The van der Waals surface area contributed by atoms with Gasteiger partial charge in [-0.2, -0.15) is 31.4 Å². The number of fused-ring (bicyclic) bond motifs is 1. The predicted molar refractivity (Wildman–Crippen MR) is 100 cm³/mol. The number of nitrogens with zero attached hydrogens (tertiary/aromatic N) is 6. The second kappa shape index (κ2) is 9.60. The number of anilines is 2. The van der Waals surface area contributed by atoms with Gasteiger partial charge < -0.3 is 15.4 Å². The Hall–Kier alpha value is -3.07. The van der Waals surface area contributed by atoms with Crippen LogP contribution in [-0.4, -0.2) is 61.8 Å². The van der Waals surface area contributed by atoms with Gasteiger partial charge in [-0.3, -0.25) is 4.68 Å². The van der Waals surface area contributed by atoms with E-state index in [1.807, 2.05) is 0 Å². The molecule has 32 heavy (non-hydrogen) atoms. The third-order valence-electron chi connectivity index (χ3n) is 3.93. The van der Waals surface area contributed by atoms with Crippen molar-refractivity contribution in [2.45, 2.75) is 32.4 Å². The predicted octanol–water partition coefficient (Wildman–Crippen LogP) is 2.90. The van der Waals surface area contributed by atoms with Crippen LogP contribution >= 0.6 is 0 Å². The van der Waals surface area contributed by atoms with E-state index in [2.05, 4.69) is 40.4 Å². The van der Waals surface area contributed by atoms with Gasteiger partial charge >= 0.3 is 12.4 Å². The van der Waals surface area contributed by atoms with E-state index >= 15 is 0 Å².